The largest absolute Gasteiger partial charge is 0.332 e. The summed E-state index contributed by atoms with van der Waals surface area (Å²) in [6.45, 7) is 8.86. The van der Waals surface area contributed by atoms with Gasteiger partial charge in [0.2, 0.25) is 0 Å². The smallest absolute Gasteiger partial charge is 0.316 e. The summed E-state index contributed by atoms with van der Waals surface area (Å²) in [6, 6.07) is 0. The average molecular weight is 488 g/mol. The Kier molecular flexibility index (Phi) is 22.8. The molecule has 1 saturated heterocycles. The van der Waals surface area contributed by atoms with Crippen LogP contribution in [0.1, 0.15) is 142 Å². The highest BCUT2D eigenvalue weighted by molar-refractivity contribution is 7.41. The van der Waals surface area contributed by atoms with Crippen LogP contribution in [0.5, 0.6) is 0 Å². The Morgan fingerprint density at radius 2 is 1.09 bits per heavy atom. The van der Waals surface area contributed by atoms with Crippen molar-refractivity contribution in [2.45, 2.75) is 148 Å². The molecule has 5 heteroatoms. The highest BCUT2D eigenvalue weighted by Gasteiger charge is 2.23. The summed E-state index contributed by atoms with van der Waals surface area (Å²) in [4.78, 5) is 2.57. The van der Waals surface area contributed by atoms with Gasteiger partial charge in [-0.3, -0.25) is 0 Å². The molecule has 0 amide bonds. The molecule has 1 heterocycles. The second-order valence-corrected chi connectivity index (χ2v) is 11.3. The molecule has 0 saturated carbocycles. The van der Waals surface area contributed by atoms with E-state index in [-0.39, 0.29) is 0 Å². The Hall–Kier alpha value is 0.270. The van der Waals surface area contributed by atoms with Crippen molar-refractivity contribution in [2.75, 3.05) is 33.4 Å². The molecule has 1 rings (SSSR count). The van der Waals surface area contributed by atoms with Gasteiger partial charge >= 0.3 is 8.60 Å². The van der Waals surface area contributed by atoms with E-state index in [0.717, 1.165) is 39.0 Å². The second kappa shape index (κ2) is 24.0. The molecule has 0 aliphatic carbocycles. The van der Waals surface area contributed by atoms with Crippen LogP contribution >= 0.6 is 8.60 Å². The molecular formula is C28H58NO3P. The lowest BCUT2D eigenvalue weighted by Gasteiger charge is -2.32. The van der Waals surface area contributed by atoms with Crippen molar-refractivity contribution in [1.29, 1.82) is 0 Å². The number of likely N-dealkylation sites (tertiary alicyclic amines) is 1. The molecule has 1 unspecified atom stereocenters. The lowest BCUT2D eigenvalue weighted by atomic mass is 10.0. The third-order valence-corrected chi connectivity index (χ3v) is 8.10. The van der Waals surface area contributed by atoms with E-state index in [1.807, 2.05) is 0 Å². The van der Waals surface area contributed by atoms with Gasteiger partial charge in [-0.05, 0) is 32.2 Å². The molecule has 0 aromatic carbocycles. The predicted octanol–water partition coefficient (Wildman–Crippen LogP) is 9.42. The van der Waals surface area contributed by atoms with Crippen LogP contribution in [0.25, 0.3) is 0 Å². The standard InChI is InChI=1S/C28H58NO3P/c1-4-6-8-9-10-11-12-13-14-15-16-17-18-19-20-21-27-31-33(30-3)32-28-22-25-29(26-23-28)24-7-5-2/h28H,4-27H2,1-3H3. The number of rotatable bonds is 24. The lowest BCUT2D eigenvalue weighted by Crippen LogP contribution is -2.37. The Balaban J connectivity index is 1.83. The van der Waals surface area contributed by atoms with E-state index in [9.17, 15) is 0 Å². The summed E-state index contributed by atoms with van der Waals surface area (Å²) < 4.78 is 17.5. The Morgan fingerprint density at radius 1 is 0.636 bits per heavy atom. The van der Waals surface area contributed by atoms with Gasteiger partial charge in [-0.1, -0.05) is 117 Å². The van der Waals surface area contributed by atoms with E-state index >= 15 is 0 Å². The Bertz CT molecular complexity index is 391. The molecule has 198 valence electrons. The van der Waals surface area contributed by atoms with Crippen LogP contribution in [-0.4, -0.2) is 44.4 Å². The maximum atomic E-state index is 6.12. The van der Waals surface area contributed by atoms with Crippen LogP contribution in [-0.2, 0) is 13.6 Å². The summed E-state index contributed by atoms with van der Waals surface area (Å²) >= 11 is 0. The van der Waals surface area contributed by atoms with Crippen molar-refractivity contribution in [3.05, 3.63) is 0 Å². The molecule has 1 fully saturated rings. The van der Waals surface area contributed by atoms with Crippen molar-refractivity contribution in [2.24, 2.45) is 0 Å². The topological polar surface area (TPSA) is 30.9 Å². The molecule has 0 spiro atoms. The first-order valence-corrected chi connectivity index (χ1v) is 15.8. The molecule has 0 radical (unpaired) electrons. The van der Waals surface area contributed by atoms with Crippen molar-refractivity contribution < 1.29 is 13.6 Å². The summed E-state index contributed by atoms with van der Waals surface area (Å²) in [5.41, 5.74) is 0. The van der Waals surface area contributed by atoms with Crippen LogP contribution in [0.3, 0.4) is 0 Å². The number of nitrogens with zero attached hydrogens (tertiary/aromatic N) is 1. The molecule has 1 aliphatic rings. The van der Waals surface area contributed by atoms with E-state index in [2.05, 4.69) is 18.7 Å². The first kappa shape index (κ1) is 31.3. The molecule has 1 aliphatic heterocycles. The zero-order valence-corrected chi connectivity index (χ0v) is 23.6. The average Bonchev–Trinajstić information content (AvgIpc) is 2.84. The van der Waals surface area contributed by atoms with E-state index in [1.54, 1.807) is 7.11 Å². The number of hydrogen-bond donors (Lipinski definition) is 0. The van der Waals surface area contributed by atoms with Gasteiger partial charge in [0.15, 0.2) is 0 Å². The number of hydrogen-bond acceptors (Lipinski definition) is 4. The first-order chi connectivity index (χ1) is 16.3. The molecule has 0 aromatic rings. The first-order valence-electron chi connectivity index (χ1n) is 14.7. The highest BCUT2D eigenvalue weighted by atomic mass is 31.2. The minimum absolute atomic E-state index is 0.305. The third kappa shape index (κ3) is 19.2. The molecule has 0 N–H and O–H groups in total. The van der Waals surface area contributed by atoms with Crippen molar-refractivity contribution in [1.82, 2.24) is 4.90 Å². The second-order valence-electron chi connectivity index (χ2n) is 10.0. The third-order valence-electron chi connectivity index (χ3n) is 6.94. The van der Waals surface area contributed by atoms with E-state index in [0.29, 0.717) is 6.10 Å². The summed E-state index contributed by atoms with van der Waals surface area (Å²) in [7, 11) is 0.549. The van der Waals surface area contributed by atoms with Crippen molar-refractivity contribution in [3.8, 4) is 0 Å². The van der Waals surface area contributed by atoms with Crippen LogP contribution in [0, 0.1) is 0 Å². The number of piperidine rings is 1. The predicted molar refractivity (Wildman–Crippen MR) is 145 cm³/mol. The lowest BCUT2D eigenvalue weighted by molar-refractivity contribution is 0.0728. The molecular weight excluding hydrogens is 429 g/mol. The van der Waals surface area contributed by atoms with Gasteiger partial charge in [0.05, 0.1) is 12.7 Å². The fourth-order valence-corrected chi connectivity index (χ4v) is 5.64. The SMILES string of the molecule is CCCCCCCCCCCCCCCCCCOP(OC)OC1CCN(CCCC)CC1. The molecule has 0 aromatic heterocycles. The van der Waals surface area contributed by atoms with Crippen LogP contribution in [0.2, 0.25) is 0 Å². The maximum Gasteiger partial charge on any atom is 0.332 e. The van der Waals surface area contributed by atoms with Gasteiger partial charge in [-0.25, -0.2) is 0 Å². The Morgan fingerprint density at radius 3 is 1.55 bits per heavy atom. The minimum Gasteiger partial charge on any atom is -0.316 e. The summed E-state index contributed by atoms with van der Waals surface area (Å²) in [6.07, 6.45) is 27.4. The van der Waals surface area contributed by atoms with Gasteiger partial charge in [-0.2, -0.15) is 0 Å². The molecule has 4 nitrogen and oxygen atoms in total. The van der Waals surface area contributed by atoms with Gasteiger partial charge in [0.25, 0.3) is 0 Å². The van der Waals surface area contributed by atoms with E-state index < -0.39 is 8.60 Å². The van der Waals surface area contributed by atoms with Crippen LogP contribution < -0.4 is 0 Å². The zero-order valence-electron chi connectivity index (χ0n) is 22.7. The zero-order chi connectivity index (χ0) is 23.8. The van der Waals surface area contributed by atoms with Crippen molar-refractivity contribution >= 4 is 8.60 Å². The Labute approximate surface area is 208 Å². The van der Waals surface area contributed by atoms with Crippen LogP contribution in [0.15, 0.2) is 0 Å². The number of unbranched alkanes of at least 4 members (excludes halogenated alkanes) is 16. The quantitative estimate of drug-likeness (QED) is 0.100. The molecule has 1 atom stereocenters. The van der Waals surface area contributed by atoms with E-state index in [4.69, 9.17) is 13.6 Å². The fraction of sp³-hybridized carbons (Fsp3) is 1.00. The van der Waals surface area contributed by atoms with Gasteiger partial charge in [0, 0.05) is 20.2 Å². The van der Waals surface area contributed by atoms with Gasteiger partial charge in [0.1, 0.15) is 0 Å². The summed E-state index contributed by atoms with van der Waals surface area (Å²) in [5.74, 6) is 0. The van der Waals surface area contributed by atoms with E-state index in [1.165, 1.54) is 116 Å². The minimum atomic E-state index is -1.17. The van der Waals surface area contributed by atoms with Crippen molar-refractivity contribution in [3.63, 3.8) is 0 Å². The fourth-order valence-electron chi connectivity index (χ4n) is 4.66. The molecule has 0 bridgehead atoms. The normalized spacial score (nSPS) is 16.5. The monoisotopic (exact) mass is 487 g/mol. The van der Waals surface area contributed by atoms with Crippen LogP contribution in [0.4, 0.5) is 0 Å². The highest BCUT2D eigenvalue weighted by Crippen LogP contribution is 2.42. The molecule has 33 heavy (non-hydrogen) atoms. The maximum absolute atomic E-state index is 6.12. The summed E-state index contributed by atoms with van der Waals surface area (Å²) in [5, 5.41) is 0. The van der Waals surface area contributed by atoms with Gasteiger partial charge in [-0.15, -0.1) is 0 Å². The van der Waals surface area contributed by atoms with Gasteiger partial charge < -0.3 is 18.5 Å².